The van der Waals surface area contributed by atoms with Gasteiger partial charge >= 0.3 is 0 Å². The van der Waals surface area contributed by atoms with Gasteiger partial charge in [0.1, 0.15) is 5.78 Å². The summed E-state index contributed by atoms with van der Waals surface area (Å²) in [6, 6.07) is 23.5. The van der Waals surface area contributed by atoms with Gasteiger partial charge in [-0.05, 0) is 219 Å². The number of benzene rings is 3. The summed E-state index contributed by atoms with van der Waals surface area (Å²) in [5.74, 6) is 4.15. The van der Waals surface area contributed by atoms with Gasteiger partial charge in [0.15, 0.2) is 24.1 Å². The van der Waals surface area contributed by atoms with Crippen LogP contribution in [0.5, 0.6) is 11.5 Å². The molecule has 390 valence electrons. The zero-order valence-corrected chi connectivity index (χ0v) is 43.0. The standard InChI is InChI=1S/C62H81N5O6/c1-39(69)35-66-57-31-51-26-43-17-19-56(57)62(51,34-55-54-20-22-64-36-50(54)24-46-11-6-21-65-61(46)55)33-48(43)27-53(71)32-52(70)18-16-44-29-59(73-38-68)58(72)28-47(44)25-49-37-67-60(63)30-45(49)15-14-42-10-5-9-41(23-42)13-12-40-7-3-2-4-8-40/h2-11,16,18,23,28-30,37,39,43,46,48,50-51,54-57,60-61,64-69,72H,12-15,17,19-22,24-27,31-36,38,63H2,1H3/b18-16+/t39-,43-,46-,48+,50-,51-,54+,55+,56+,57-,60?,61+,62+/m0/s1. The highest BCUT2D eigenvalue weighted by Gasteiger charge is 2.62. The number of ketones is 2. The first-order valence-electron chi connectivity index (χ1n) is 27.9. The lowest BCUT2D eigenvalue weighted by molar-refractivity contribution is -0.126. The van der Waals surface area contributed by atoms with Gasteiger partial charge in [0, 0.05) is 37.8 Å². The monoisotopic (exact) mass is 992 g/mol. The van der Waals surface area contributed by atoms with Crippen LogP contribution in [0, 0.1) is 52.8 Å². The number of piperidine rings is 1. The number of carbonyl (C=O) groups excluding carboxylic acids is 2. The molecule has 1 saturated heterocycles. The van der Waals surface area contributed by atoms with Crippen LogP contribution in [0.2, 0.25) is 0 Å². The third-order valence-electron chi connectivity index (χ3n) is 18.8. The number of carbonyl (C=O) groups is 2. The van der Waals surface area contributed by atoms with E-state index < -0.39 is 12.9 Å². The van der Waals surface area contributed by atoms with E-state index in [1.165, 1.54) is 42.0 Å². The Bertz CT molecular complexity index is 2540. The highest BCUT2D eigenvalue weighted by molar-refractivity contribution is 6.06. The fourth-order valence-electron chi connectivity index (χ4n) is 15.6. The number of phenols is 1. The van der Waals surface area contributed by atoms with E-state index in [4.69, 9.17) is 10.5 Å². The lowest BCUT2D eigenvalue weighted by Crippen LogP contribution is -2.58. The number of aliphatic hydroxyl groups excluding tert-OH is 2. The predicted molar refractivity (Wildman–Crippen MR) is 288 cm³/mol. The minimum Gasteiger partial charge on any atom is -0.504 e. The molecule has 0 aromatic heterocycles. The minimum atomic E-state index is -0.616. The predicted octanol–water partition coefficient (Wildman–Crippen LogP) is 7.87. The maximum atomic E-state index is 14.2. The fraction of sp³-hybridized carbons (Fsp3) is 0.548. The average molecular weight is 992 g/mol. The molecule has 5 aliphatic carbocycles. The summed E-state index contributed by atoms with van der Waals surface area (Å²) in [5.41, 5.74) is 14.0. The minimum absolute atomic E-state index is 0.00947. The summed E-state index contributed by atoms with van der Waals surface area (Å²) in [6.07, 6.45) is 24.9. The zero-order chi connectivity index (χ0) is 50.5. The Hall–Kier alpha value is -4.88. The van der Waals surface area contributed by atoms with Gasteiger partial charge in [-0.15, -0.1) is 0 Å². The number of aliphatic hydroxyl groups is 2. The number of phenolic OH excluding ortho intramolecular Hbond substituents is 1. The summed E-state index contributed by atoms with van der Waals surface area (Å²) >= 11 is 0. The molecule has 11 nitrogen and oxygen atoms in total. The molecular weight excluding hydrogens is 911 g/mol. The summed E-state index contributed by atoms with van der Waals surface area (Å²) in [6.45, 7) is 5.01. The lowest BCUT2D eigenvalue weighted by Gasteiger charge is -2.55. The Balaban J connectivity index is 0.821. The Morgan fingerprint density at radius 2 is 1.75 bits per heavy atom. The molecule has 3 aliphatic heterocycles. The van der Waals surface area contributed by atoms with Crippen LogP contribution in [-0.4, -0.2) is 84.2 Å². The number of aryl methyl sites for hydroxylation is 3. The third kappa shape index (κ3) is 12.0. The Morgan fingerprint density at radius 3 is 2.58 bits per heavy atom. The smallest absolute Gasteiger partial charge is 0.186 e. The van der Waals surface area contributed by atoms with Crippen molar-refractivity contribution in [2.75, 3.05) is 33.0 Å². The van der Waals surface area contributed by atoms with Gasteiger partial charge in [0.2, 0.25) is 0 Å². The third-order valence-corrected chi connectivity index (χ3v) is 18.8. The van der Waals surface area contributed by atoms with Gasteiger partial charge in [-0.25, -0.2) is 0 Å². The number of nitrogens with one attached hydrogen (secondary N) is 4. The number of hydrogen-bond donors (Lipinski definition) is 8. The molecule has 11 heteroatoms. The van der Waals surface area contributed by atoms with E-state index in [1.54, 1.807) is 18.2 Å². The number of allylic oxidation sites excluding steroid dienone is 3. The normalized spacial score (nSPS) is 31.7. The number of fused-ring (bicyclic) bond motifs is 4. The van der Waals surface area contributed by atoms with Crippen LogP contribution in [0.1, 0.15) is 105 Å². The van der Waals surface area contributed by atoms with Crippen molar-refractivity contribution in [3.05, 3.63) is 136 Å². The molecule has 3 heterocycles. The second-order valence-electron chi connectivity index (χ2n) is 23.3. The van der Waals surface area contributed by atoms with Crippen molar-refractivity contribution in [2.45, 2.75) is 128 Å². The van der Waals surface area contributed by atoms with Crippen LogP contribution in [0.25, 0.3) is 6.08 Å². The molecule has 0 spiro atoms. The highest BCUT2D eigenvalue weighted by atomic mass is 16.6. The van der Waals surface area contributed by atoms with Crippen LogP contribution in [0.4, 0.5) is 0 Å². The van der Waals surface area contributed by atoms with Crippen LogP contribution < -0.4 is 31.7 Å². The quantitative estimate of drug-likeness (QED) is 0.0226. The number of nitrogens with two attached hydrogens (primary N) is 1. The second kappa shape index (κ2) is 23.3. The van der Waals surface area contributed by atoms with Crippen molar-refractivity contribution in [3.8, 4) is 11.5 Å². The van der Waals surface area contributed by atoms with E-state index in [1.807, 2.05) is 19.2 Å². The molecule has 3 aromatic rings. The first kappa shape index (κ1) is 51.6. The molecular formula is C62H81N5O6. The topological polar surface area (TPSA) is 178 Å². The molecule has 13 atom stereocenters. The number of Topliss-reactive ketones (excluding diaryl/α,β-unsaturated/α-hetero) is 1. The Morgan fingerprint density at radius 1 is 0.945 bits per heavy atom. The SMILES string of the molecule is C[C@H](O)CN[C@H]1C[C@@H]2C[C@@H]3CC[C@H]1[C@@]2(C[C@@H]1[C@@H]2CCNC[C@@H]2C[C@@H]2C=CCN[C@@H]12)C[C@H]3CC(=O)CC(=O)/C=C/c1cc(OCO)c(O)cc1CC1=CNC(N)C=C1CCc1cccc(CCc2ccccc2)c1. The molecule has 9 N–H and O–H groups in total. The van der Waals surface area contributed by atoms with Crippen molar-refractivity contribution in [1.82, 2.24) is 21.3 Å². The molecule has 0 amide bonds. The van der Waals surface area contributed by atoms with Gasteiger partial charge in [-0.2, -0.15) is 0 Å². The van der Waals surface area contributed by atoms with E-state index >= 15 is 0 Å². The van der Waals surface area contributed by atoms with E-state index in [-0.39, 0.29) is 47.0 Å². The molecule has 1 unspecified atom stereocenters. The van der Waals surface area contributed by atoms with Crippen molar-refractivity contribution >= 4 is 17.6 Å². The Kier molecular flexibility index (Phi) is 16.5. The summed E-state index contributed by atoms with van der Waals surface area (Å²) in [4.78, 5) is 28.1. The highest BCUT2D eigenvalue weighted by Crippen LogP contribution is 2.67. The molecule has 3 aromatic carbocycles. The van der Waals surface area contributed by atoms with E-state index in [9.17, 15) is 24.9 Å². The summed E-state index contributed by atoms with van der Waals surface area (Å²) in [7, 11) is 0. The lowest BCUT2D eigenvalue weighted by atomic mass is 9.52. The number of hydrogen-bond acceptors (Lipinski definition) is 11. The number of dihydropyridines is 1. The van der Waals surface area contributed by atoms with Gasteiger partial charge in [0.05, 0.1) is 18.7 Å². The number of aromatic hydroxyl groups is 1. The van der Waals surface area contributed by atoms with Crippen molar-refractivity contribution in [2.24, 2.45) is 58.5 Å². The first-order valence-corrected chi connectivity index (χ1v) is 27.9. The second-order valence-corrected chi connectivity index (χ2v) is 23.3. The van der Waals surface area contributed by atoms with Crippen molar-refractivity contribution in [3.63, 3.8) is 0 Å². The number of rotatable bonds is 21. The fourth-order valence-corrected chi connectivity index (χ4v) is 15.6. The van der Waals surface area contributed by atoms with Gasteiger partial charge < -0.3 is 47.1 Å². The van der Waals surface area contributed by atoms with Gasteiger partial charge in [-0.3, -0.25) is 9.59 Å². The van der Waals surface area contributed by atoms with E-state index in [2.05, 4.69) is 88.0 Å². The largest absolute Gasteiger partial charge is 0.504 e. The van der Waals surface area contributed by atoms with E-state index in [0.717, 1.165) is 94.1 Å². The average Bonchev–Trinajstić information content (AvgIpc) is 3.47. The summed E-state index contributed by atoms with van der Waals surface area (Å²) < 4.78 is 5.40. The maximum Gasteiger partial charge on any atom is 0.186 e. The zero-order valence-electron chi connectivity index (χ0n) is 43.0. The molecule has 11 rings (SSSR count). The van der Waals surface area contributed by atoms with Crippen LogP contribution >= 0.6 is 0 Å². The molecule has 0 radical (unpaired) electrons. The molecule has 5 saturated carbocycles. The molecule has 73 heavy (non-hydrogen) atoms. The molecule has 6 fully saturated rings. The van der Waals surface area contributed by atoms with Crippen LogP contribution in [0.3, 0.4) is 0 Å². The Labute approximate surface area is 433 Å². The first-order chi connectivity index (χ1) is 35.5. The van der Waals surface area contributed by atoms with Crippen LogP contribution in [-0.2, 0) is 35.3 Å². The van der Waals surface area contributed by atoms with Crippen molar-refractivity contribution in [1.29, 1.82) is 0 Å². The van der Waals surface area contributed by atoms with Gasteiger partial charge in [-0.1, -0.05) is 72.8 Å². The van der Waals surface area contributed by atoms with Gasteiger partial charge in [0.25, 0.3) is 0 Å². The molecule has 4 bridgehead atoms. The van der Waals surface area contributed by atoms with Crippen LogP contribution in [0.15, 0.2) is 108 Å². The van der Waals surface area contributed by atoms with Crippen molar-refractivity contribution < 1.29 is 29.6 Å². The number of ether oxygens (including phenoxy) is 1. The molecule has 8 aliphatic rings. The maximum absolute atomic E-state index is 14.2. The summed E-state index contributed by atoms with van der Waals surface area (Å²) in [5, 5.41) is 46.0. The van der Waals surface area contributed by atoms with E-state index in [0.29, 0.717) is 78.5 Å².